The first kappa shape index (κ1) is 23.0. The van der Waals surface area contributed by atoms with Crippen LogP contribution in [0, 0.1) is 5.92 Å². The minimum atomic E-state index is 0.634. The maximum absolute atomic E-state index is 4.96. The van der Waals surface area contributed by atoms with Gasteiger partial charge in [-0.3, -0.25) is 0 Å². The van der Waals surface area contributed by atoms with Crippen LogP contribution in [-0.2, 0) is 12.8 Å². The maximum Gasteiger partial charge on any atom is 0.159 e. The molecule has 0 radical (unpaired) electrons. The average molecular weight is 407 g/mol. The van der Waals surface area contributed by atoms with Gasteiger partial charge in [0.25, 0.3) is 0 Å². The molecule has 0 saturated heterocycles. The van der Waals surface area contributed by atoms with Crippen LogP contribution in [0.15, 0.2) is 30.5 Å². The van der Waals surface area contributed by atoms with Gasteiger partial charge in [0.2, 0.25) is 0 Å². The molecule has 30 heavy (non-hydrogen) atoms. The van der Waals surface area contributed by atoms with Gasteiger partial charge in [-0.05, 0) is 48.6 Å². The summed E-state index contributed by atoms with van der Waals surface area (Å²) in [6.45, 7) is 6.92. The van der Waals surface area contributed by atoms with Crippen LogP contribution in [0.5, 0.6) is 0 Å². The van der Waals surface area contributed by atoms with Crippen LogP contribution in [0.3, 0.4) is 0 Å². The lowest BCUT2D eigenvalue weighted by Crippen LogP contribution is -2.16. The number of aryl methyl sites for hydroxylation is 1. The Bertz CT molecular complexity index is 750. The summed E-state index contributed by atoms with van der Waals surface area (Å²) in [7, 11) is 0. The summed E-state index contributed by atoms with van der Waals surface area (Å²) < 4.78 is 0. The number of nitrogens with zero attached hydrogens (tertiary/aromatic N) is 2. The number of unbranched alkanes of at least 4 members (excludes halogenated alkanes) is 6. The number of benzene rings is 1. The van der Waals surface area contributed by atoms with Gasteiger partial charge in [0.05, 0.1) is 0 Å². The highest BCUT2D eigenvalue weighted by molar-refractivity contribution is 5.56. The molecule has 2 aromatic rings. The monoisotopic (exact) mass is 406 g/mol. The lowest BCUT2D eigenvalue weighted by Gasteiger charge is -2.24. The van der Waals surface area contributed by atoms with Gasteiger partial charge in [-0.25, -0.2) is 9.97 Å². The Morgan fingerprint density at radius 1 is 0.933 bits per heavy atom. The predicted molar refractivity (Wildman–Crippen MR) is 129 cm³/mol. The number of fused-ring (bicyclic) bond motifs is 1. The summed E-state index contributed by atoms with van der Waals surface area (Å²) >= 11 is 0. The van der Waals surface area contributed by atoms with Crippen molar-refractivity contribution in [1.82, 2.24) is 9.97 Å². The fourth-order valence-electron chi connectivity index (χ4n) is 4.83. The summed E-state index contributed by atoms with van der Waals surface area (Å²) in [4.78, 5) is 9.70. The molecule has 0 spiro atoms. The third-order valence-electron chi connectivity index (χ3n) is 6.95. The second-order valence-corrected chi connectivity index (χ2v) is 9.50. The summed E-state index contributed by atoms with van der Waals surface area (Å²) in [6.07, 6.45) is 19.2. The van der Waals surface area contributed by atoms with E-state index < -0.39 is 0 Å². The first-order chi connectivity index (χ1) is 14.7. The third-order valence-corrected chi connectivity index (χ3v) is 6.95. The Labute approximate surface area is 184 Å². The molecule has 1 aromatic carbocycles. The Morgan fingerprint density at radius 3 is 2.40 bits per heavy atom. The van der Waals surface area contributed by atoms with Crippen molar-refractivity contribution < 1.29 is 0 Å². The van der Waals surface area contributed by atoms with Crippen molar-refractivity contribution in [3.8, 4) is 11.4 Å². The van der Waals surface area contributed by atoms with Gasteiger partial charge in [-0.1, -0.05) is 103 Å². The molecule has 2 nitrogen and oxygen atoms in total. The summed E-state index contributed by atoms with van der Waals surface area (Å²) in [5, 5.41) is 0. The smallest absolute Gasteiger partial charge is 0.159 e. The molecule has 164 valence electrons. The van der Waals surface area contributed by atoms with Crippen molar-refractivity contribution in [2.75, 3.05) is 0 Å². The molecule has 1 aromatic heterocycles. The Morgan fingerprint density at radius 2 is 1.67 bits per heavy atom. The van der Waals surface area contributed by atoms with E-state index in [0.717, 1.165) is 23.7 Å². The minimum Gasteiger partial charge on any atom is -0.236 e. The number of aromatic nitrogens is 2. The van der Waals surface area contributed by atoms with E-state index in [-0.39, 0.29) is 0 Å². The molecular weight excluding hydrogens is 364 g/mol. The van der Waals surface area contributed by atoms with Gasteiger partial charge in [0.1, 0.15) is 0 Å². The molecule has 0 bridgehead atoms. The van der Waals surface area contributed by atoms with E-state index >= 15 is 0 Å². The number of rotatable bonds is 12. The molecule has 0 saturated carbocycles. The van der Waals surface area contributed by atoms with Crippen LogP contribution < -0.4 is 0 Å². The topological polar surface area (TPSA) is 25.8 Å². The molecule has 2 atom stereocenters. The Hall–Kier alpha value is -1.70. The SMILES string of the molecule is CCCCCCC1CCc2nc(-c3ccc(C(C)CCCCCC)cc3)ncc2C1. The normalized spacial score (nSPS) is 17.0. The van der Waals surface area contributed by atoms with E-state index in [0.29, 0.717) is 5.92 Å². The second kappa shape index (κ2) is 12.2. The molecule has 0 N–H and O–H groups in total. The molecule has 2 heteroatoms. The average Bonchev–Trinajstić information content (AvgIpc) is 2.79. The Balaban J connectivity index is 1.56. The molecule has 0 fully saturated rings. The van der Waals surface area contributed by atoms with Crippen molar-refractivity contribution >= 4 is 0 Å². The lowest BCUT2D eigenvalue weighted by molar-refractivity contribution is 0.401. The van der Waals surface area contributed by atoms with Crippen molar-refractivity contribution in [3.63, 3.8) is 0 Å². The van der Waals surface area contributed by atoms with Gasteiger partial charge in [0, 0.05) is 17.5 Å². The second-order valence-electron chi connectivity index (χ2n) is 9.50. The predicted octanol–water partition coefficient (Wildman–Crippen LogP) is 8.29. The highest BCUT2D eigenvalue weighted by atomic mass is 14.9. The van der Waals surface area contributed by atoms with Crippen LogP contribution in [0.4, 0.5) is 0 Å². The Kier molecular flexibility index (Phi) is 9.36. The van der Waals surface area contributed by atoms with E-state index in [9.17, 15) is 0 Å². The van der Waals surface area contributed by atoms with Crippen LogP contribution in [0.25, 0.3) is 11.4 Å². The van der Waals surface area contributed by atoms with E-state index in [1.165, 1.54) is 93.9 Å². The minimum absolute atomic E-state index is 0.634. The van der Waals surface area contributed by atoms with Crippen molar-refractivity contribution in [2.45, 2.75) is 110 Å². The molecule has 2 unspecified atom stereocenters. The van der Waals surface area contributed by atoms with Crippen molar-refractivity contribution in [3.05, 3.63) is 47.3 Å². The summed E-state index contributed by atoms with van der Waals surface area (Å²) in [5.41, 5.74) is 5.28. The van der Waals surface area contributed by atoms with E-state index in [1.54, 1.807) is 0 Å². The third kappa shape index (κ3) is 6.65. The van der Waals surface area contributed by atoms with Crippen molar-refractivity contribution in [1.29, 1.82) is 0 Å². The first-order valence-electron chi connectivity index (χ1n) is 12.7. The van der Waals surface area contributed by atoms with E-state index in [2.05, 4.69) is 51.2 Å². The summed E-state index contributed by atoms with van der Waals surface area (Å²) in [6, 6.07) is 9.02. The zero-order valence-corrected chi connectivity index (χ0v) is 19.6. The van der Waals surface area contributed by atoms with Crippen molar-refractivity contribution in [2.24, 2.45) is 5.92 Å². The zero-order valence-electron chi connectivity index (χ0n) is 19.6. The van der Waals surface area contributed by atoms with E-state index in [4.69, 9.17) is 9.97 Å². The fraction of sp³-hybridized carbons (Fsp3) is 0.643. The molecule has 3 rings (SSSR count). The molecule has 1 aliphatic rings. The van der Waals surface area contributed by atoms with Crippen LogP contribution in [0.1, 0.15) is 114 Å². The van der Waals surface area contributed by atoms with Crippen LogP contribution in [0.2, 0.25) is 0 Å². The van der Waals surface area contributed by atoms with Gasteiger partial charge < -0.3 is 0 Å². The molecule has 1 heterocycles. The highest BCUT2D eigenvalue weighted by Gasteiger charge is 2.20. The van der Waals surface area contributed by atoms with Gasteiger partial charge in [-0.15, -0.1) is 0 Å². The molecular formula is C28H42N2. The zero-order chi connectivity index (χ0) is 21.2. The number of hydrogen-bond acceptors (Lipinski definition) is 2. The molecule has 0 amide bonds. The first-order valence-corrected chi connectivity index (χ1v) is 12.7. The van der Waals surface area contributed by atoms with Crippen LogP contribution >= 0.6 is 0 Å². The molecule has 0 aliphatic heterocycles. The highest BCUT2D eigenvalue weighted by Crippen LogP contribution is 2.30. The van der Waals surface area contributed by atoms with Gasteiger partial charge in [0.15, 0.2) is 5.82 Å². The largest absolute Gasteiger partial charge is 0.236 e. The quantitative estimate of drug-likeness (QED) is 0.331. The van der Waals surface area contributed by atoms with Crippen LogP contribution in [-0.4, -0.2) is 9.97 Å². The van der Waals surface area contributed by atoms with E-state index in [1.807, 2.05) is 0 Å². The lowest BCUT2D eigenvalue weighted by atomic mass is 9.84. The molecule has 1 aliphatic carbocycles. The van der Waals surface area contributed by atoms with Gasteiger partial charge >= 0.3 is 0 Å². The fourth-order valence-corrected chi connectivity index (χ4v) is 4.83. The summed E-state index contributed by atoms with van der Waals surface area (Å²) in [5.74, 6) is 2.37. The van der Waals surface area contributed by atoms with Gasteiger partial charge in [-0.2, -0.15) is 0 Å². The maximum atomic E-state index is 4.96. The number of hydrogen-bond donors (Lipinski definition) is 0. The standard InChI is InChI=1S/C28H42N2/c1-4-6-8-10-12-22(3)24-15-17-25(18-16-24)28-29-21-26-20-23(13-11-9-7-5-2)14-19-27(26)30-28/h15-18,21-23H,4-14,19-20H2,1-3H3.